The second kappa shape index (κ2) is 9.94. The van der Waals surface area contributed by atoms with Crippen molar-refractivity contribution in [2.24, 2.45) is 0 Å². The van der Waals surface area contributed by atoms with Crippen LogP contribution in [0.15, 0.2) is 48.5 Å². The lowest BCUT2D eigenvalue weighted by molar-refractivity contribution is -0.123. The minimum absolute atomic E-state index is 0.0237. The van der Waals surface area contributed by atoms with Gasteiger partial charge in [-0.25, -0.2) is 0 Å². The van der Waals surface area contributed by atoms with E-state index >= 15 is 0 Å². The van der Waals surface area contributed by atoms with Crippen molar-refractivity contribution in [1.29, 1.82) is 0 Å². The van der Waals surface area contributed by atoms with Gasteiger partial charge in [0.2, 0.25) is 0 Å². The van der Waals surface area contributed by atoms with Gasteiger partial charge in [-0.15, -0.1) is 0 Å². The van der Waals surface area contributed by atoms with Crippen LogP contribution in [-0.2, 0) is 4.79 Å². The van der Waals surface area contributed by atoms with Crippen LogP contribution < -0.4 is 14.8 Å². The van der Waals surface area contributed by atoms with Crippen molar-refractivity contribution >= 4 is 28.5 Å². The van der Waals surface area contributed by atoms with E-state index in [0.29, 0.717) is 12.3 Å². The molecule has 0 aromatic heterocycles. The molecular weight excluding hydrogens is 455 g/mol. The van der Waals surface area contributed by atoms with Gasteiger partial charge in [-0.2, -0.15) is 0 Å². The quantitative estimate of drug-likeness (QED) is 0.587. The molecule has 2 aromatic carbocycles. The van der Waals surface area contributed by atoms with E-state index in [2.05, 4.69) is 44.9 Å². The van der Waals surface area contributed by atoms with Crippen LogP contribution in [0, 0.1) is 3.57 Å². The zero-order valence-corrected chi connectivity index (χ0v) is 17.6. The Hall–Kier alpha value is -1.80. The SMILES string of the molecule is COc1ccc(C(CNC(=O)COc2ccc(I)cc2)N2CCCC2)cc1. The first-order chi connectivity index (χ1) is 13.2. The lowest BCUT2D eigenvalue weighted by Gasteiger charge is -2.28. The number of hydrogen-bond acceptors (Lipinski definition) is 4. The molecule has 0 aliphatic carbocycles. The summed E-state index contributed by atoms with van der Waals surface area (Å²) < 4.78 is 12.0. The van der Waals surface area contributed by atoms with Gasteiger partial charge in [-0.1, -0.05) is 12.1 Å². The predicted molar refractivity (Wildman–Crippen MR) is 114 cm³/mol. The van der Waals surface area contributed by atoms with Crippen LogP contribution in [0.2, 0.25) is 0 Å². The van der Waals surface area contributed by atoms with Crippen LogP contribution in [0.3, 0.4) is 0 Å². The van der Waals surface area contributed by atoms with Crippen molar-refractivity contribution in [2.45, 2.75) is 18.9 Å². The average molecular weight is 480 g/mol. The summed E-state index contributed by atoms with van der Waals surface area (Å²) >= 11 is 2.24. The standard InChI is InChI=1S/C21H25IN2O3/c1-26-18-8-4-16(5-9-18)20(24-12-2-3-13-24)14-23-21(25)15-27-19-10-6-17(22)7-11-19/h4-11,20H,2-3,12-15H2,1H3,(H,23,25). The fourth-order valence-corrected chi connectivity index (χ4v) is 3.64. The van der Waals surface area contributed by atoms with Gasteiger partial charge in [0, 0.05) is 10.1 Å². The number of likely N-dealkylation sites (tertiary alicyclic amines) is 1. The molecule has 0 saturated carbocycles. The van der Waals surface area contributed by atoms with Gasteiger partial charge in [0.05, 0.1) is 13.2 Å². The van der Waals surface area contributed by atoms with Crippen LogP contribution in [-0.4, -0.2) is 44.2 Å². The maximum atomic E-state index is 12.3. The fourth-order valence-electron chi connectivity index (χ4n) is 3.28. The van der Waals surface area contributed by atoms with Gasteiger partial charge >= 0.3 is 0 Å². The zero-order valence-electron chi connectivity index (χ0n) is 15.5. The van der Waals surface area contributed by atoms with E-state index in [-0.39, 0.29) is 18.6 Å². The number of methoxy groups -OCH3 is 1. The zero-order chi connectivity index (χ0) is 19.1. The van der Waals surface area contributed by atoms with Crippen molar-refractivity contribution in [3.8, 4) is 11.5 Å². The number of ether oxygens (including phenoxy) is 2. The van der Waals surface area contributed by atoms with Crippen LogP contribution in [0.5, 0.6) is 11.5 Å². The van der Waals surface area contributed by atoms with Crippen molar-refractivity contribution in [3.05, 3.63) is 57.7 Å². The Morgan fingerprint density at radius 3 is 2.33 bits per heavy atom. The first kappa shape index (κ1) is 19.9. The summed E-state index contributed by atoms with van der Waals surface area (Å²) in [4.78, 5) is 14.7. The van der Waals surface area contributed by atoms with Crippen molar-refractivity contribution in [3.63, 3.8) is 0 Å². The molecule has 144 valence electrons. The summed E-state index contributed by atoms with van der Waals surface area (Å²) in [6, 6.07) is 15.9. The molecule has 0 bridgehead atoms. The summed E-state index contributed by atoms with van der Waals surface area (Å²) in [5, 5.41) is 3.03. The highest BCUT2D eigenvalue weighted by Crippen LogP contribution is 2.26. The molecule has 0 spiro atoms. The molecule has 2 aromatic rings. The Bertz CT molecular complexity index is 728. The molecular formula is C21H25IN2O3. The Balaban J connectivity index is 1.56. The van der Waals surface area contributed by atoms with Crippen LogP contribution in [0.25, 0.3) is 0 Å². The van der Waals surface area contributed by atoms with Crippen molar-refractivity contribution in [1.82, 2.24) is 10.2 Å². The van der Waals surface area contributed by atoms with Gasteiger partial charge in [0.1, 0.15) is 11.5 Å². The number of benzene rings is 2. The number of rotatable bonds is 8. The Morgan fingerprint density at radius 1 is 1.07 bits per heavy atom. The van der Waals surface area contributed by atoms with E-state index in [4.69, 9.17) is 9.47 Å². The van der Waals surface area contributed by atoms with Gasteiger partial charge < -0.3 is 14.8 Å². The molecule has 1 atom stereocenters. The first-order valence-corrected chi connectivity index (χ1v) is 10.3. The number of nitrogens with zero attached hydrogens (tertiary/aromatic N) is 1. The van der Waals surface area contributed by atoms with E-state index in [1.807, 2.05) is 36.4 Å². The molecule has 1 saturated heterocycles. The minimum atomic E-state index is -0.105. The summed E-state index contributed by atoms with van der Waals surface area (Å²) in [6.45, 7) is 2.72. The van der Waals surface area contributed by atoms with E-state index in [9.17, 15) is 4.79 Å². The van der Waals surface area contributed by atoms with E-state index in [0.717, 1.165) is 22.4 Å². The predicted octanol–water partition coefficient (Wildman–Crippen LogP) is 3.63. The molecule has 1 N–H and O–H groups in total. The number of carbonyl (C=O) groups excluding carboxylic acids is 1. The van der Waals surface area contributed by atoms with Gasteiger partial charge in [0.15, 0.2) is 6.61 Å². The highest BCUT2D eigenvalue weighted by Gasteiger charge is 2.24. The highest BCUT2D eigenvalue weighted by molar-refractivity contribution is 14.1. The third-order valence-electron chi connectivity index (χ3n) is 4.76. The third kappa shape index (κ3) is 5.84. The smallest absolute Gasteiger partial charge is 0.258 e. The van der Waals surface area contributed by atoms with Crippen LogP contribution >= 0.6 is 22.6 Å². The van der Waals surface area contributed by atoms with Crippen LogP contribution in [0.1, 0.15) is 24.4 Å². The van der Waals surface area contributed by atoms with Crippen LogP contribution in [0.4, 0.5) is 0 Å². The molecule has 1 aliphatic heterocycles. The van der Waals surface area contributed by atoms with Gasteiger partial charge in [-0.3, -0.25) is 9.69 Å². The second-order valence-corrected chi connectivity index (χ2v) is 7.82. The topological polar surface area (TPSA) is 50.8 Å². The number of nitrogens with one attached hydrogen (secondary N) is 1. The van der Waals surface area contributed by atoms with Gasteiger partial charge in [0.25, 0.3) is 5.91 Å². The minimum Gasteiger partial charge on any atom is -0.497 e. The monoisotopic (exact) mass is 480 g/mol. The largest absolute Gasteiger partial charge is 0.497 e. The summed E-state index contributed by atoms with van der Waals surface area (Å²) in [5.41, 5.74) is 1.19. The third-order valence-corrected chi connectivity index (χ3v) is 5.48. The molecule has 27 heavy (non-hydrogen) atoms. The Morgan fingerprint density at radius 2 is 1.70 bits per heavy atom. The Kier molecular flexibility index (Phi) is 7.34. The van der Waals surface area contributed by atoms with Gasteiger partial charge in [-0.05, 0) is 90.5 Å². The molecule has 6 heteroatoms. The number of carbonyl (C=O) groups is 1. The summed E-state index contributed by atoms with van der Waals surface area (Å²) in [5.74, 6) is 1.44. The molecule has 1 amide bonds. The normalized spacial score (nSPS) is 15.3. The number of halogens is 1. The summed E-state index contributed by atoms with van der Waals surface area (Å²) in [6.07, 6.45) is 2.41. The average Bonchev–Trinajstić information content (AvgIpc) is 3.23. The lowest BCUT2D eigenvalue weighted by atomic mass is 10.1. The van der Waals surface area contributed by atoms with E-state index in [1.54, 1.807) is 7.11 Å². The molecule has 1 unspecified atom stereocenters. The lowest BCUT2D eigenvalue weighted by Crippen LogP contribution is -2.38. The molecule has 3 rings (SSSR count). The van der Waals surface area contributed by atoms with Crippen molar-refractivity contribution in [2.75, 3.05) is 33.4 Å². The second-order valence-electron chi connectivity index (χ2n) is 6.58. The first-order valence-electron chi connectivity index (χ1n) is 9.19. The molecule has 1 aliphatic rings. The molecule has 1 heterocycles. The highest BCUT2D eigenvalue weighted by atomic mass is 127. The number of amides is 1. The summed E-state index contributed by atoms with van der Waals surface area (Å²) in [7, 11) is 1.67. The molecule has 1 fully saturated rings. The Labute approximate surface area is 174 Å². The maximum absolute atomic E-state index is 12.3. The van der Waals surface area contributed by atoms with E-state index in [1.165, 1.54) is 18.4 Å². The maximum Gasteiger partial charge on any atom is 0.258 e. The molecule has 0 radical (unpaired) electrons. The van der Waals surface area contributed by atoms with Crippen molar-refractivity contribution < 1.29 is 14.3 Å². The number of hydrogen-bond donors (Lipinski definition) is 1. The molecule has 5 nitrogen and oxygen atoms in total. The fraction of sp³-hybridized carbons (Fsp3) is 0.381. The van der Waals surface area contributed by atoms with E-state index < -0.39 is 0 Å².